The highest BCUT2D eigenvalue weighted by Gasteiger charge is 1.96. The third-order valence-corrected chi connectivity index (χ3v) is 2.77. The molecule has 0 fully saturated rings. The summed E-state index contributed by atoms with van der Waals surface area (Å²) < 4.78 is 5.70. The van der Waals surface area contributed by atoms with Gasteiger partial charge in [0.05, 0.1) is 0 Å². The molecule has 2 N–H and O–H groups in total. The summed E-state index contributed by atoms with van der Waals surface area (Å²) in [5.74, 6) is 0.858. The normalized spacial score (nSPS) is 10.2. The molecule has 0 unspecified atom stereocenters. The molecular formula is C16H19NO2. The fourth-order valence-electron chi connectivity index (χ4n) is 1.72. The first-order valence-electron chi connectivity index (χ1n) is 6.50. The van der Waals surface area contributed by atoms with Crippen molar-refractivity contribution in [2.45, 2.75) is 13.0 Å². The van der Waals surface area contributed by atoms with Gasteiger partial charge in [0.1, 0.15) is 12.4 Å². The third-order valence-electron chi connectivity index (χ3n) is 2.77. The van der Waals surface area contributed by atoms with E-state index in [9.17, 15) is 0 Å². The Labute approximate surface area is 113 Å². The first-order chi connectivity index (χ1) is 9.38. The van der Waals surface area contributed by atoms with Gasteiger partial charge in [-0.15, -0.1) is 0 Å². The molecule has 0 saturated heterocycles. The van der Waals surface area contributed by atoms with Gasteiger partial charge in [0, 0.05) is 18.8 Å². The molecule has 2 aromatic rings. The molecule has 0 heterocycles. The Balaban J connectivity index is 1.81. The van der Waals surface area contributed by atoms with E-state index in [4.69, 9.17) is 9.84 Å². The molecule has 0 saturated carbocycles. The van der Waals surface area contributed by atoms with Crippen molar-refractivity contribution in [2.75, 3.05) is 18.5 Å². The molecule has 2 aromatic carbocycles. The van der Waals surface area contributed by atoms with Gasteiger partial charge >= 0.3 is 0 Å². The quantitative estimate of drug-likeness (QED) is 0.749. The molecule has 3 nitrogen and oxygen atoms in total. The van der Waals surface area contributed by atoms with Crippen LogP contribution in [0, 0.1) is 0 Å². The number of aliphatic hydroxyl groups excluding tert-OH is 1. The van der Waals surface area contributed by atoms with Gasteiger partial charge in [-0.25, -0.2) is 0 Å². The lowest BCUT2D eigenvalue weighted by atomic mass is 10.2. The summed E-state index contributed by atoms with van der Waals surface area (Å²) in [6, 6.07) is 18.0. The van der Waals surface area contributed by atoms with Gasteiger partial charge in [0.15, 0.2) is 0 Å². The smallest absolute Gasteiger partial charge is 0.119 e. The van der Waals surface area contributed by atoms with Gasteiger partial charge in [0.25, 0.3) is 0 Å². The Bertz CT molecular complexity index is 468. The number of anilines is 1. The van der Waals surface area contributed by atoms with Crippen molar-refractivity contribution < 1.29 is 9.84 Å². The van der Waals surface area contributed by atoms with Crippen LogP contribution >= 0.6 is 0 Å². The molecule has 0 aliphatic rings. The lowest BCUT2D eigenvalue weighted by Gasteiger charge is -2.08. The van der Waals surface area contributed by atoms with Gasteiger partial charge < -0.3 is 15.2 Å². The number of benzene rings is 2. The highest BCUT2D eigenvalue weighted by atomic mass is 16.5. The summed E-state index contributed by atoms with van der Waals surface area (Å²) >= 11 is 0. The average Bonchev–Trinajstić information content (AvgIpc) is 2.48. The van der Waals surface area contributed by atoms with Crippen LogP contribution in [0.2, 0.25) is 0 Å². The largest absolute Gasteiger partial charge is 0.489 e. The number of nitrogens with one attached hydrogen (secondary N) is 1. The first kappa shape index (κ1) is 13.4. The minimum absolute atomic E-state index is 0.214. The van der Waals surface area contributed by atoms with Gasteiger partial charge in [-0.05, 0) is 36.2 Å². The maximum Gasteiger partial charge on any atom is 0.119 e. The van der Waals surface area contributed by atoms with Crippen LogP contribution < -0.4 is 10.1 Å². The van der Waals surface area contributed by atoms with E-state index in [1.54, 1.807) is 0 Å². The molecule has 19 heavy (non-hydrogen) atoms. The topological polar surface area (TPSA) is 41.5 Å². The van der Waals surface area contributed by atoms with Crippen LogP contribution in [0.4, 0.5) is 5.69 Å². The van der Waals surface area contributed by atoms with E-state index >= 15 is 0 Å². The summed E-state index contributed by atoms with van der Waals surface area (Å²) in [6.07, 6.45) is 0.756. The zero-order valence-corrected chi connectivity index (χ0v) is 10.9. The van der Waals surface area contributed by atoms with Gasteiger partial charge in [-0.3, -0.25) is 0 Å². The van der Waals surface area contributed by atoms with E-state index in [1.807, 2.05) is 54.6 Å². The van der Waals surface area contributed by atoms with E-state index in [0.29, 0.717) is 6.61 Å². The van der Waals surface area contributed by atoms with Gasteiger partial charge in [-0.1, -0.05) is 30.3 Å². The standard InChI is InChI=1S/C16H19NO2/c18-12-4-11-17-15-7-9-16(10-8-15)19-13-14-5-2-1-3-6-14/h1-3,5-10,17-18H,4,11-13H2. The Morgan fingerprint density at radius 2 is 1.68 bits per heavy atom. The van der Waals surface area contributed by atoms with Crippen LogP contribution in [0.1, 0.15) is 12.0 Å². The first-order valence-corrected chi connectivity index (χ1v) is 6.50. The van der Waals surface area contributed by atoms with Crippen LogP contribution in [0.25, 0.3) is 0 Å². The molecule has 0 bridgehead atoms. The molecular weight excluding hydrogens is 238 g/mol. The van der Waals surface area contributed by atoms with Crippen molar-refractivity contribution in [1.29, 1.82) is 0 Å². The third kappa shape index (κ3) is 4.64. The molecule has 0 atom stereocenters. The van der Waals surface area contributed by atoms with Crippen LogP contribution in [0.5, 0.6) is 5.75 Å². The maximum atomic E-state index is 8.71. The molecule has 0 aromatic heterocycles. The lowest BCUT2D eigenvalue weighted by molar-refractivity contribution is 0.292. The van der Waals surface area contributed by atoms with Crippen LogP contribution in [-0.2, 0) is 6.61 Å². The van der Waals surface area contributed by atoms with E-state index in [-0.39, 0.29) is 6.61 Å². The van der Waals surface area contributed by atoms with E-state index in [1.165, 1.54) is 0 Å². The predicted octanol–water partition coefficient (Wildman–Crippen LogP) is 3.06. The molecule has 2 rings (SSSR count). The van der Waals surface area contributed by atoms with E-state index in [2.05, 4.69) is 5.32 Å². The second-order valence-corrected chi connectivity index (χ2v) is 4.30. The molecule has 0 aliphatic carbocycles. The fraction of sp³-hybridized carbons (Fsp3) is 0.250. The zero-order chi connectivity index (χ0) is 13.3. The Hall–Kier alpha value is -2.00. The van der Waals surface area contributed by atoms with Crippen LogP contribution in [0.3, 0.4) is 0 Å². The van der Waals surface area contributed by atoms with E-state index in [0.717, 1.165) is 30.0 Å². The van der Waals surface area contributed by atoms with Crippen molar-refractivity contribution in [3.8, 4) is 5.75 Å². The number of aliphatic hydroxyl groups is 1. The minimum atomic E-state index is 0.214. The van der Waals surface area contributed by atoms with Crippen molar-refractivity contribution in [3.05, 3.63) is 60.2 Å². The molecule has 0 aliphatic heterocycles. The number of hydrogen-bond donors (Lipinski definition) is 2. The lowest BCUT2D eigenvalue weighted by Crippen LogP contribution is -2.03. The number of rotatable bonds is 7. The Morgan fingerprint density at radius 1 is 0.947 bits per heavy atom. The van der Waals surface area contributed by atoms with Crippen molar-refractivity contribution in [3.63, 3.8) is 0 Å². The van der Waals surface area contributed by atoms with E-state index < -0.39 is 0 Å². The molecule has 100 valence electrons. The SMILES string of the molecule is OCCCNc1ccc(OCc2ccccc2)cc1. The van der Waals surface area contributed by atoms with Crippen LogP contribution in [-0.4, -0.2) is 18.3 Å². The molecule has 0 amide bonds. The summed E-state index contributed by atoms with van der Waals surface area (Å²) in [7, 11) is 0. The van der Waals surface area contributed by atoms with Crippen molar-refractivity contribution in [2.24, 2.45) is 0 Å². The second kappa shape index (κ2) is 7.44. The van der Waals surface area contributed by atoms with Crippen molar-refractivity contribution in [1.82, 2.24) is 0 Å². The minimum Gasteiger partial charge on any atom is -0.489 e. The highest BCUT2D eigenvalue weighted by molar-refractivity contribution is 5.46. The Morgan fingerprint density at radius 3 is 2.37 bits per heavy atom. The molecule has 0 spiro atoms. The summed E-state index contributed by atoms with van der Waals surface area (Å²) in [5.41, 5.74) is 2.20. The molecule has 0 radical (unpaired) electrons. The maximum absolute atomic E-state index is 8.71. The second-order valence-electron chi connectivity index (χ2n) is 4.30. The fourth-order valence-corrected chi connectivity index (χ4v) is 1.72. The Kier molecular flexibility index (Phi) is 5.26. The summed E-state index contributed by atoms with van der Waals surface area (Å²) in [5, 5.41) is 11.9. The average molecular weight is 257 g/mol. The van der Waals surface area contributed by atoms with Crippen LogP contribution in [0.15, 0.2) is 54.6 Å². The summed E-state index contributed by atoms with van der Waals surface area (Å²) in [4.78, 5) is 0. The van der Waals surface area contributed by atoms with Crippen molar-refractivity contribution >= 4 is 5.69 Å². The zero-order valence-electron chi connectivity index (χ0n) is 10.9. The van der Waals surface area contributed by atoms with Gasteiger partial charge in [-0.2, -0.15) is 0 Å². The monoisotopic (exact) mass is 257 g/mol. The molecule has 3 heteroatoms. The predicted molar refractivity (Wildman–Crippen MR) is 77.4 cm³/mol. The summed E-state index contributed by atoms with van der Waals surface area (Å²) in [6.45, 7) is 1.57. The van der Waals surface area contributed by atoms with Gasteiger partial charge in [0.2, 0.25) is 0 Å². The highest BCUT2D eigenvalue weighted by Crippen LogP contribution is 2.17. The number of hydrogen-bond acceptors (Lipinski definition) is 3. The number of ether oxygens (including phenoxy) is 1.